The lowest BCUT2D eigenvalue weighted by Crippen LogP contribution is -2.45. The number of amides is 2. The van der Waals surface area contributed by atoms with E-state index in [4.69, 9.17) is 4.74 Å². The minimum absolute atomic E-state index is 0.000441. The van der Waals surface area contributed by atoms with Gasteiger partial charge in [0.1, 0.15) is 6.54 Å². The maximum absolute atomic E-state index is 13.3. The van der Waals surface area contributed by atoms with Gasteiger partial charge in [0.05, 0.1) is 22.4 Å². The first kappa shape index (κ1) is 23.5. The van der Waals surface area contributed by atoms with Gasteiger partial charge in [-0.15, -0.1) is 11.8 Å². The molecular weight excluding hydrogens is 450 g/mol. The number of carbonyl (C=O) groups excluding carboxylic acids is 2. The molecule has 1 aromatic rings. The van der Waals surface area contributed by atoms with E-state index in [-0.39, 0.29) is 41.2 Å². The second-order valence-electron chi connectivity index (χ2n) is 8.65. The third-order valence-electron chi connectivity index (χ3n) is 6.49. The third-order valence-corrected chi connectivity index (χ3v) is 9.45. The Hall–Kier alpha value is -1.62. The van der Waals surface area contributed by atoms with Crippen molar-refractivity contribution in [1.29, 1.82) is 0 Å². The lowest BCUT2D eigenvalue weighted by molar-refractivity contribution is -0.123. The van der Waals surface area contributed by atoms with Gasteiger partial charge >= 0.3 is 0 Å². The van der Waals surface area contributed by atoms with Gasteiger partial charge < -0.3 is 15.0 Å². The summed E-state index contributed by atoms with van der Waals surface area (Å²) in [6, 6.07) is 4.89. The quantitative estimate of drug-likeness (QED) is 0.642. The van der Waals surface area contributed by atoms with E-state index in [2.05, 4.69) is 5.32 Å². The number of carbonyl (C=O) groups is 2. The first-order chi connectivity index (χ1) is 15.4. The molecule has 1 aliphatic carbocycles. The highest BCUT2D eigenvalue weighted by atomic mass is 32.2. The van der Waals surface area contributed by atoms with Crippen LogP contribution in [0.3, 0.4) is 0 Å². The number of fused-ring (bicyclic) bond motifs is 1. The number of benzene rings is 1. The molecule has 0 bridgehead atoms. The Morgan fingerprint density at radius 3 is 2.72 bits per heavy atom. The van der Waals surface area contributed by atoms with Gasteiger partial charge in [0.25, 0.3) is 0 Å². The summed E-state index contributed by atoms with van der Waals surface area (Å²) in [6.07, 6.45) is 6.87. The standard InChI is InChI=1S/C22H31N3O5S2/c1-24(16-6-3-2-4-7-16)32(28,29)18-9-10-20-19(12-18)25(22(27)15-31-20)14-21(26)23-13-17-8-5-11-30-17/h9-10,12,16-17H,2-8,11,13-15H2,1H3,(H,23,26)/t17-/m1/s1. The minimum atomic E-state index is -3.69. The summed E-state index contributed by atoms with van der Waals surface area (Å²) in [5.74, 6) is -0.260. The van der Waals surface area contributed by atoms with Crippen molar-refractivity contribution in [3.05, 3.63) is 18.2 Å². The number of thioether (sulfide) groups is 1. The zero-order chi connectivity index (χ0) is 22.7. The van der Waals surface area contributed by atoms with E-state index < -0.39 is 10.0 Å². The number of anilines is 1. The average Bonchev–Trinajstić information content (AvgIpc) is 3.33. The van der Waals surface area contributed by atoms with E-state index in [0.717, 1.165) is 49.8 Å². The molecule has 8 nitrogen and oxygen atoms in total. The minimum Gasteiger partial charge on any atom is -0.376 e. The van der Waals surface area contributed by atoms with E-state index in [1.165, 1.54) is 21.0 Å². The van der Waals surface area contributed by atoms with Crippen LogP contribution < -0.4 is 10.2 Å². The van der Waals surface area contributed by atoms with Gasteiger partial charge in [-0.25, -0.2) is 8.42 Å². The number of sulfonamides is 1. The van der Waals surface area contributed by atoms with Crippen molar-refractivity contribution < 1.29 is 22.7 Å². The second-order valence-corrected chi connectivity index (χ2v) is 11.7. The molecule has 0 radical (unpaired) electrons. The van der Waals surface area contributed by atoms with Crippen LogP contribution in [0.1, 0.15) is 44.9 Å². The van der Waals surface area contributed by atoms with Gasteiger partial charge in [0, 0.05) is 31.1 Å². The topological polar surface area (TPSA) is 96.0 Å². The van der Waals surface area contributed by atoms with Crippen LogP contribution in [0.5, 0.6) is 0 Å². The molecule has 2 heterocycles. The third kappa shape index (κ3) is 5.13. The van der Waals surface area contributed by atoms with Gasteiger partial charge in [-0.3, -0.25) is 9.59 Å². The van der Waals surface area contributed by atoms with Gasteiger partial charge in [-0.1, -0.05) is 19.3 Å². The number of ether oxygens (including phenoxy) is 1. The molecule has 10 heteroatoms. The predicted octanol–water partition coefficient (Wildman–Crippen LogP) is 2.37. The highest BCUT2D eigenvalue weighted by molar-refractivity contribution is 8.00. The summed E-state index contributed by atoms with van der Waals surface area (Å²) in [5.41, 5.74) is 0.483. The smallest absolute Gasteiger partial charge is 0.243 e. The molecule has 3 aliphatic rings. The number of nitrogens with zero attached hydrogens (tertiary/aromatic N) is 2. The Kier molecular flexibility index (Phi) is 7.44. The predicted molar refractivity (Wildman–Crippen MR) is 123 cm³/mol. The molecule has 1 aromatic carbocycles. The Morgan fingerprint density at radius 1 is 1.22 bits per heavy atom. The summed E-state index contributed by atoms with van der Waals surface area (Å²) in [5, 5.41) is 2.84. The SMILES string of the molecule is CN(C1CCCCC1)S(=O)(=O)c1ccc2c(c1)N(CC(=O)NC[C@H]1CCCO1)C(=O)CS2. The number of hydrogen-bond acceptors (Lipinski definition) is 6. The van der Waals surface area contributed by atoms with Gasteiger partial charge in [0.15, 0.2) is 0 Å². The van der Waals surface area contributed by atoms with Crippen molar-refractivity contribution in [2.45, 2.75) is 66.9 Å². The van der Waals surface area contributed by atoms with Gasteiger partial charge in [0.2, 0.25) is 21.8 Å². The summed E-state index contributed by atoms with van der Waals surface area (Å²) < 4.78 is 33.6. The number of hydrogen-bond donors (Lipinski definition) is 1. The lowest BCUT2D eigenvalue weighted by Gasteiger charge is -2.32. The van der Waals surface area contributed by atoms with Crippen molar-refractivity contribution in [1.82, 2.24) is 9.62 Å². The summed E-state index contributed by atoms with van der Waals surface area (Å²) in [7, 11) is -2.05. The van der Waals surface area contributed by atoms with E-state index in [9.17, 15) is 18.0 Å². The second kappa shape index (κ2) is 10.1. The van der Waals surface area contributed by atoms with Crippen molar-refractivity contribution in [2.24, 2.45) is 0 Å². The monoisotopic (exact) mass is 481 g/mol. The molecular formula is C22H31N3O5S2. The molecule has 2 aliphatic heterocycles. The Morgan fingerprint density at radius 2 is 2.00 bits per heavy atom. The molecule has 2 amide bonds. The first-order valence-electron chi connectivity index (χ1n) is 11.3. The normalized spacial score (nSPS) is 22.2. The van der Waals surface area contributed by atoms with Crippen molar-refractivity contribution in [2.75, 3.05) is 37.4 Å². The number of rotatable bonds is 7. The van der Waals surface area contributed by atoms with Crippen molar-refractivity contribution in [3.8, 4) is 0 Å². The molecule has 1 atom stereocenters. The summed E-state index contributed by atoms with van der Waals surface area (Å²) >= 11 is 1.37. The van der Waals surface area contributed by atoms with E-state index in [0.29, 0.717) is 18.8 Å². The molecule has 1 saturated carbocycles. The fourth-order valence-electron chi connectivity index (χ4n) is 4.56. The molecule has 4 rings (SSSR count). The molecule has 0 spiro atoms. The van der Waals surface area contributed by atoms with Crippen LogP contribution >= 0.6 is 11.8 Å². The van der Waals surface area contributed by atoms with Crippen LogP contribution in [-0.4, -0.2) is 69.2 Å². The van der Waals surface area contributed by atoms with Crippen LogP contribution in [0.4, 0.5) is 5.69 Å². The molecule has 1 saturated heterocycles. The van der Waals surface area contributed by atoms with Crippen molar-refractivity contribution >= 4 is 39.3 Å². The van der Waals surface area contributed by atoms with Crippen LogP contribution in [0, 0.1) is 0 Å². The van der Waals surface area contributed by atoms with Gasteiger partial charge in [-0.05, 0) is 43.9 Å². The first-order valence-corrected chi connectivity index (χ1v) is 13.7. The van der Waals surface area contributed by atoms with Gasteiger partial charge in [-0.2, -0.15) is 4.31 Å². The number of nitrogens with one attached hydrogen (secondary N) is 1. The molecule has 176 valence electrons. The fourth-order valence-corrected chi connectivity index (χ4v) is 6.91. The van der Waals surface area contributed by atoms with Crippen molar-refractivity contribution in [3.63, 3.8) is 0 Å². The molecule has 0 aromatic heterocycles. The lowest BCUT2D eigenvalue weighted by atomic mass is 9.96. The van der Waals surface area contributed by atoms with E-state index >= 15 is 0 Å². The van der Waals surface area contributed by atoms with E-state index in [1.54, 1.807) is 25.2 Å². The average molecular weight is 482 g/mol. The highest BCUT2D eigenvalue weighted by Gasteiger charge is 2.32. The van der Waals surface area contributed by atoms with Crippen LogP contribution in [0.15, 0.2) is 28.0 Å². The van der Waals surface area contributed by atoms with Crippen LogP contribution in [0.2, 0.25) is 0 Å². The fraction of sp³-hybridized carbons (Fsp3) is 0.636. The largest absolute Gasteiger partial charge is 0.376 e. The Balaban J connectivity index is 1.51. The van der Waals surface area contributed by atoms with Crippen LogP contribution in [0.25, 0.3) is 0 Å². The molecule has 1 N–H and O–H groups in total. The Bertz CT molecular complexity index is 956. The zero-order valence-corrected chi connectivity index (χ0v) is 20.1. The van der Waals surface area contributed by atoms with Crippen LogP contribution in [-0.2, 0) is 24.3 Å². The Labute approximate surface area is 194 Å². The molecule has 0 unspecified atom stereocenters. The maximum Gasteiger partial charge on any atom is 0.243 e. The molecule has 32 heavy (non-hydrogen) atoms. The maximum atomic E-state index is 13.3. The van der Waals surface area contributed by atoms with E-state index in [1.807, 2.05) is 0 Å². The zero-order valence-electron chi connectivity index (χ0n) is 18.4. The summed E-state index contributed by atoms with van der Waals surface area (Å²) in [6.45, 7) is 0.993. The molecule has 2 fully saturated rings. The summed E-state index contributed by atoms with van der Waals surface area (Å²) in [4.78, 5) is 27.5. The highest BCUT2D eigenvalue weighted by Crippen LogP contribution is 2.38.